The summed E-state index contributed by atoms with van der Waals surface area (Å²) in [4.78, 5) is 59.3. The summed E-state index contributed by atoms with van der Waals surface area (Å²) in [7, 11) is 0. The van der Waals surface area contributed by atoms with Crippen molar-refractivity contribution in [2.45, 2.75) is 58.7 Å². The van der Waals surface area contributed by atoms with Crippen LogP contribution in [0.15, 0.2) is 60.8 Å². The van der Waals surface area contributed by atoms with Gasteiger partial charge in [0.2, 0.25) is 11.8 Å². The van der Waals surface area contributed by atoms with E-state index in [4.69, 9.17) is 0 Å². The molecule has 3 atom stereocenters. The van der Waals surface area contributed by atoms with Crippen LogP contribution in [0.25, 0.3) is 11.1 Å². The highest BCUT2D eigenvalue weighted by Gasteiger charge is 2.30. The van der Waals surface area contributed by atoms with Crippen LogP contribution in [0.1, 0.15) is 57.8 Å². The third-order valence-electron chi connectivity index (χ3n) is 7.55. The Balaban J connectivity index is 1.66. The maximum atomic E-state index is 14.1. The average Bonchev–Trinajstić information content (AvgIpc) is 2.97. The normalized spacial score (nSPS) is 19.5. The van der Waals surface area contributed by atoms with Crippen molar-refractivity contribution >= 4 is 23.6 Å². The van der Waals surface area contributed by atoms with E-state index in [1.165, 1.54) is 11.8 Å². The predicted octanol–water partition coefficient (Wildman–Crippen LogP) is 2.55. The molecular weight excluding hydrogens is 546 g/mol. The lowest BCUT2D eigenvalue weighted by atomic mass is 9.98. The van der Waals surface area contributed by atoms with Crippen molar-refractivity contribution in [3.05, 3.63) is 88.7 Å². The highest BCUT2D eigenvalue weighted by Crippen LogP contribution is 2.26. The SMILES string of the molecule is Cc1ccc2cc1CCCNC(=O)CN(C(=O)c1c(-c3ccccc3)ccnc1C)C[C@@H](C)NC(=O)[C@H]([C@@H](C)O)NC2=O. The summed E-state index contributed by atoms with van der Waals surface area (Å²) >= 11 is 0. The van der Waals surface area contributed by atoms with Gasteiger partial charge in [-0.15, -0.1) is 0 Å². The van der Waals surface area contributed by atoms with Crippen LogP contribution in [0.3, 0.4) is 0 Å². The minimum Gasteiger partial charge on any atom is -0.391 e. The molecule has 1 aromatic heterocycles. The van der Waals surface area contributed by atoms with Crippen molar-refractivity contribution in [2.75, 3.05) is 19.6 Å². The van der Waals surface area contributed by atoms with Gasteiger partial charge >= 0.3 is 0 Å². The molecule has 10 nitrogen and oxygen atoms in total. The number of hydrogen-bond donors (Lipinski definition) is 4. The molecule has 2 heterocycles. The molecule has 3 aromatic rings. The fraction of sp³-hybridized carbons (Fsp3) is 0.364. The first-order valence-electron chi connectivity index (χ1n) is 14.5. The molecule has 1 aliphatic rings. The average molecular weight is 586 g/mol. The Labute approximate surface area is 251 Å². The number of carbonyl (C=O) groups excluding carboxylic acids is 4. The van der Waals surface area contributed by atoms with Crippen LogP contribution in [0.2, 0.25) is 0 Å². The topological polar surface area (TPSA) is 141 Å². The zero-order valence-electron chi connectivity index (χ0n) is 25.0. The molecule has 1 aliphatic heterocycles. The summed E-state index contributed by atoms with van der Waals surface area (Å²) in [6, 6.07) is 14.7. The molecule has 226 valence electrons. The first-order valence-corrected chi connectivity index (χ1v) is 14.5. The van der Waals surface area contributed by atoms with Gasteiger partial charge in [-0.25, -0.2) is 0 Å². The van der Waals surface area contributed by atoms with Gasteiger partial charge in [0.1, 0.15) is 6.04 Å². The Kier molecular flexibility index (Phi) is 10.3. The highest BCUT2D eigenvalue weighted by atomic mass is 16.3. The Morgan fingerprint density at radius 2 is 1.77 bits per heavy atom. The van der Waals surface area contributed by atoms with Gasteiger partial charge in [-0.05, 0) is 81.0 Å². The van der Waals surface area contributed by atoms with E-state index in [0.717, 1.165) is 16.7 Å². The molecule has 0 saturated heterocycles. The zero-order valence-corrected chi connectivity index (χ0v) is 25.0. The first kappa shape index (κ1) is 31.4. The fourth-order valence-electron chi connectivity index (χ4n) is 5.23. The summed E-state index contributed by atoms with van der Waals surface area (Å²) in [5, 5.41) is 18.7. The molecule has 0 radical (unpaired) electrons. The Morgan fingerprint density at radius 3 is 2.49 bits per heavy atom. The predicted molar refractivity (Wildman–Crippen MR) is 163 cm³/mol. The van der Waals surface area contributed by atoms with Crippen molar-refractivity contribution in [1.29, 1.82) is 0 Å². The van der Waals surface area contributed by atoms with Crippen LogP contribution in [0.4, 0.5) is 0 Å². The third kappa shape index (κ3) is 7.84. The van der Waals surface area contributed by atoms with Gasteiger partial charge in [-0.3, -0.25) is 24.2 Å². The number of pyridine rings is 1. The number of hydrogen-bond acceptors (Lipinski definition) is 6. The summed E-state index contributed by atoms with van der Waals surface area (Å²) in [6.07, 6.45) is 1.70. The zero-order chi connectivity index (χ0) is 31.1. The number of fused-ring (bicyclic) bond motifs is 2. The smallest absolute Gasteiger partial charge is 0.256 e. The van der Waals surface area contributed by atoms with E-state index in [1.807, 2.05) is 43.3 Å². The van der Waals surface area contributed by atoms with Gasteiger partial charge < -0.3 is 26.0 Å². The van der Waals surface area contributed by atoms with Crippen molar-refractivity contribution in [2.24, 2.45) is 0 Å². The third-order valence-corrected chi connectivity index (χ3v) is 7.55. The van der Waals surface area contributed by atoms with Crippen molar-refractivity contribution in [1.82, 2.24) is 25.8 Å². The van der Waals surface area contributed by atoms with Gasteiger partial charge in [-0.1, -0.05) is 36.4 Å². The molecule has 4 amide bonds. The van der Waals surface area contributed by atoms with Gasteiger partial charge in [0, 0.05) is 30.9 Å². The fourth-order valence-corrected chi connectivity index (χ4v) is 5.23. The first-order chi connectivity index (χ1) is 20.5. The number of nitrogens with zero attached hydrogens (tertiary/aromatic N) is 2. The van der Waals surface area contributed by atoms with Crippen LogP contribution in [0, 0.1) is 13.8 Å². The second-order valence-electron chi connectivity index (χ2n) is 11.1. The lowest BCUT2D eigenvalue weighted by Crippen LogP contribution is -2.56. The van der Waals surface area contributed by atoms with Crippen LogP contribution < -0.4 is 16.0 Å². The van der Waals surface area contributed by atoms with Crippen LogP contribution in [-0.4, -0.2) is 76.4 Å². The summed E-state index contributed by atoms with van der Waals surface area (Å²) in [6.45, 7) is 6.97. The Hall–Kier alpha value is -4.57. The maximum Gasteiger partial charge on any atom is 0.256 e. The van der Waals surface area contributed by atoms with Gasteiger partial charge in [0.15, 0.2) is 0 Å². The van der Waals surface area contributed by atoms with Crippen molar-refractivity contribution in [3.8, 4) is 11.1 Å². The molecule has 2 aromatic carbocycles. The van der Waals surface area contributed by atoms with Crippen LogP contribution >= 0.6 is 0 Å². The summed E-state index contributed by atoms with van der Waals surface area (Å²) in [5.74, 6) is -1.81. The number of carbonyl (C=O) groups is 4. The number of aryl methyl sites for hydroxylation is 3. The standard InChI is InChI=1S/C33H39N5O5/c1-20-12-13-26-17-25(20)11-8-15-35-28(40)19-38(18-21(2)36-32(42)30(23(4)39)37-31(26)41)33(43)29-22(3)34-16-14-27(29)24-9-6-5-7-10-24/h5-7,9-10,12-14,16-17,21,23,30,39H,8,11,15,18-19H2,1-4H3,(H,35,40)(H,36,42)(H,37,41)/t21-,23-,30+/m1/s1. The van der Waals surface area contributed by atoms with E-state index in [-0.39, 0.29) is 19.0 Å². The molecule has 0 unspecified atom stereocenters. The van der Waals surface area contributed by atoms with E-state index in [9.17, 15) is 24.3 Å². The number of nitrogens with one attached hydrogen (secondary N) is 3. The second kappa shape index (κ2) is 14.1. The molecule has 0 spiro atoms. The minimum atomic E-state index is -1.23. The minimum absolute atomic E-state index is 0.000996. The number of benzene rings is 2. The van der Waals surface area contributed by atoms with Gasteiger partial charge in [0.05, 0.1) is 23.9 Å². The van der Waals surface area contributed by atoms with Gasteiger partial charge in [-0.2, -0.15) is 0 Å². The van der Waals surface area contributed by atoms with Crippen molar-refractivity contribution in [3.63, 3.8) is 0 Å². The number of aliphatic hydroxyl groups excluding tert-OH is 1. The lowest BCUT2D eigenvalue weighted by molar-refractivity contribution is -0.126. The molecule has 4 N–H and O–H groups in total. The highest BCUT2D eigenvalue weighted by molar-refractivity contribution is 6.03. The molecule has 0 aliphatic carbocycles. The van der Waals surface area contributed by atoms with Gasteiger partial charge in [0.25, 0.3) is 11.8 Å². The maximum absolute atomic E-state index is 14.1. The van der Waals surface area contributed by atoms with Crippen LogP contribution in [-0.2, 0) is 16.0 Å². The molecule has 2 bridgehead atoms. The molecular formula is C33H39N5O5. The number of aliphatic hydroxyl groups is 1. The van der Waals surface area contributed by atoms with E-state index in [1.54, 1.807) is 38.2 Å². The monoisotopic (exact) mass is 585 g/mol. The van der Waals surface area contributed by atoms with Crippen LogP contribution in [0.5, 0.6) is 0 Å². The summed E-state index contributed by atoms with van der Waals surface area (Å²) in [5.41, 5.74) is 4.72. The molecule has 4 rings (SSSR count). The molecule has 0 saturated carbocycles. The second-order valence-corrected chi connectivity index (χ2v) is 11.1. The van der Waals surface area contributed by atoms with E-state index < -0.39 is 35.9 Å². The van der Waals surface area contributed by atoms with E-state index in [2.05, 4.69) is 20.9 Å². The summed E-state index contributed by atoms with van der Waals surface area (Å²) < 4.78 is 0. The Morgan fingerprint density at radius 1 is 1.02 bits per heavy atom. The Bertz CT molecular complexity index is 1490. The molecule has 0 fully saturated rings. The molecule has 10 heteroatoms. The quantitative estimate of drug-likeness (QED) is 0.373. The number of aromatic nitrogens is 1. The van der Waals surface area contributed by atoms with Crippen molar-refractivity contribution < 1.29 is 24.3 Å². The molecule has 43 heavy (non-hydrogen) atoms. The lowest BCUT2D eigenvalue weighted by Gasteiger charge is -2.29. The number of rotatable bonds is 3. The number of amides is 4. The van der Waals surface area contributed by atoms with E-state index in [0.29, 0.717) is 41.8 Å². The largest absolute Gasteiger partial charge is 0.391 e. The van der Waals surface area contributed by atoms with E-state index >= 15 is 0 Å².